The number of methoxy groups -OCH3 is 2. The molecule has 1 aliphatic rings. The second kappa shape index (κ2) is 5.88. The molecule has 0 aliphatic heterocycles. The second-order valence-electron chi connectivity index (χ2n) is 5.12. The topological polar surface area (TPSA) is 73.6 Å². The maximum absolute atomic E-state index is 12.6. The Bertz CT molecular complexity index is 724. The molecule has 0 spiro atoms. The van der Waals surface area contributed by atoms with Crippen LogP contribution in [0.3, 0.4) is 0 Å². The van der Waals surface area contributed by atoms with Crippen molar-refractivity contribution >= 4 is 27.9 Å². The summed E-state index contributed by atoms with van der Waals surface area (Å²) in [6.45, 7) is 0. The summed E-state index contributed by atoms with van der Waals surface area (Å²) in [4.78, 5) is 13.9. The van der Waals surface area contributed by atoms with Gasteiger partial charge in [0.15, 0.2) is 0 Å². The third kappa shape index (κ3) is 2.50. The first-order valence-corrected chi connectivity index (χ1v) is 7.89. The second-order valence-corrected chi connectivity index (χ2v) is 6.25. The third-order valence-corrected chi connectivity index (χ3v) is 4.95. The average molecular weight is 318 g/mol. The van der Waals surface area contributed by atoms with Gasteiger partial charge in [0, 0.05) is 10.9 Å². The van der Waals surface area contributed by atoms with Gasteiger partial charge in [-0.2, -0.15) is 0 Å². The van der Waals surface area contributed by atoms with Crippen molar-refractivity contribution in [1.29, 1.82) is 0 Å². The smallest absolute Gasteiger partial charge is 0.259 e. The van der Waals surface area contributed by atoms with Gasteiger partial charge in [-0.3, -0.25) is 4.79 Å². The number of nitrogens with one attached hydrogen (secondary N) is 1. The maximum Gasteiger partial charge on any atom is 0.259 e. The lowest BCUT2D eigenvalue weighted by Crippen LogP contribution is -2.15. The molecule has 1 aliphatic carbocycles. The summed E-state index contributed by atoms with van der Waals surface area (Å²) in [6.07, 6.45) is 3.02. The Kier molecular flexibility index (Phi) is 3.94. The number of aryl methyl sites for hydroxylation is 1. The molecule has 0 fully saturated rings. The number of hydrogen-bond acceptors (Lipinski definition) is 5. The number of carbonyl (C=O) groups is 1. The first-order valence-electron chi connectivity index (χ1n) is 7.07. The van der Waals surface area contributed by atoms with Crippen LogP contribution in [0.4, 0.5) is 10.7 Å². The van der Waals surface area contributed by atoms with E-state index >= 15 is 0 Å². The molecule has 116 valence electrons. The molecule has 0 unspecified atom stereocenters. The average Bonchev–Trinajstić information content (AvgIpc) is 3.06. The molecule has 1 aromatic carbocycles. The van der Waals surface area contributed by atoms with Crippen molar-refractivity contribution < 1.29 is 14.3 Å². The Morgan fingerprint density at radius 3 is 2.82 bits per heavy atom. The third-order valence-electron chi connectivity index (χ3n) is 3.83. The number of rotatable bonds is 4. The number of ether oxygens (including phenoxy) is 2. The Labute approximate surface area is 133 Å². The normalized spacial score (nSPS) is 12.8. The molecule has 0 saturated carbocycles. The summed E-state index contributed by atoms with van der Waals surface area (Å²) in [7, 11) is 3.14. The van der Waals surface area contributed by atoms with Gasteiger partial charge in [0.25, 0.3) is 5.91 Å². The molecule has 1 aromatic heterocycles. The molecule has 1 amide bonds. The molecule has 22 heavy (non-hydrogen) atoms. The van der Waals surface area contributed by atoms with E-state index in [9.17, 15) is 4.79 Å². The molecule has 5 nitrogen and oxygen atoms in total. The van der Waals surface area contributed by atoms with Crippen LogP contribution in [-0.2, 0) is 12.8 Å². The van der Waals surface area contributed by atoms with Crippen molar-refractivity contribution in [3.8, 4) is 11.5 Å². The lowest BCUT2D eigenvalue weighted by atomic mass is 10.1. The number of benzene rings is 1. The standard InChI is InChI=1S/C16H18N2O3S/c1-20-9-6-7-12(21-2)11(8-9)18-16(19)14-10-4-3-5-13(10)22-15(14)17/h6-8H,3-5,17H2,1-2H3,(H,18,19). The van der Waals surface area contributed by atoms with E-state index in [1.807, 2.05) is 0 Å². The number of anilines is 2. The molecule has 1 heterocycles. The van der Waals surface area contributed by atoms with Crippen LogP contribution in [0.15, 0.2) is 18.2 Å². The Hall–Kier alpha value is -2.21. The van der Waals surface area contributed by atoms with E-state index in [-0.39, 0.29) is 5.91 Å². The predicted octanol–water partition coefficient (Wildman–Crippen LogP) is 3.09. The van der Waals surface area contributed by atoms with Crippen molar-refractivity contribution in [3.05, 3.63) is 34.2 Å². The van der Waals surface area contributed by atoms with Crippen LogP contribution in [0.5, 0.6) is 11.5 Å². The van der Waals surface area contributed by atoms with Crippen molar-refractivity contribution in [1.82, 2.24) is 0 Å². The predicted molar refractivity (Wildman–Crippen MR) is 88.3 cm³/mol. The number of amides is 1. The molecule has 3 N–H and O–H groups in total. The van der Waals surface area contributed by atoms with E-state index < -0.39 is 0 Å². The number of fused-ring (bicyclic) bond motifs is 1. The fraction of sp³-hybridized carbons (Fsp3) is 0.312. The minimum absolute atomic E-state index is 0.191. The summed E-state index contributed by atoms with van der Waals surface area (Å²) in [5, 5.41) is 3.48. The summed E-state index contributed by atoms with van der Waals surface area (Å²) in [6, 6.07) is 5.28. The molecule has 6 heteroatoms. The Morgan fingerprint density at radius 1 is 1.27 bits per heavy atom. The number of nitrogen functional groups attached to an aromatic ring is 1. The SMILES string of the molecule is COc1ccc(OC)c(NC(=O)c2c(N)sc3c2CCC3)c1. The molecule has 0 atom stereocenters. The zero-order chi connectivity index (χ0) is 15.7. The van der Waals surface area contributed by atoms with E-state index in [4.69, 9.17) is 15.2 Å². The zero-order valence-electron chi connectivity index (χ0n) is 12.6. The fourth-order valence-corrected chi connectivity index (χ4v) is 3.93. The summed E-state index contributed by atoms with van der Waals surface area (Å²) in [5.41, 5.74) is 8.32. The highest BCUT2D eigenvalue weighted by molar-refractivity contribution is 7.16. The van der Waals surface area contributed by atoms with Crippen molar-refractivity contribution in [2.75, 3.05) is 25.3 Å². The van der Waals surface area contributed by atoms with Crippen LogP contribution in [0, 0.1) is 0 Å². The van der Waals surface area contributed by atoms with Crippen LogP contribution in [0.25, 0.3) is 0 Å². The van der Waals surface area contributed by atoms with Gasteiger partial charge in [-0.25, -0.2) is 0 Å². The lowest BCUT2D eigenvalue weighted by molar-refractivity contribution is 0.102. The van der Waals surface area contributed by atoms with Crippen LogP contribution in [-0.4, -0.2) is 20.1 Å². The van der Waals surface area contributed by atoms with E-state index in [1.165, 1.54) is 16.2 Å². The largest absolute Gasteiger partial charge is 0.497 e. The first kappa shape index (κ1) is 14.7. The van der Waals surface area contributed by atoms with Gasteiger partial charge in [-0.1, -0.05) is 0 Å². The van der Waals surface area contributed by atoms with Crippen molar-refractivity contribution in [2.24, 2.45) is 0 Å². The molecule has 0 bridgehead atoms. The molecule has 0 saturated heterocycles. The minimum Gasteiger partial charge on any atom is -0.497 e. The van der Waals surface area contributed by atoms with Gasteiger partial charge >= 0.3 is 0 Å². The van der Waals surface area contributed by atoms with Crippen LogP contribution >= 0.6 is 11.3 Å². The van der Waals surface area contributed by atoms with Crippen LogP contribution < -0.4 is 20.5 Å². The maximum atomic E-state index is 12.6. The highest BCUT2D eigenvalue weighted by Crippen LogP contribution is 2.38. The summed E-state index contributed by atoms with van der Waals surface area (Å²) < 4.78 is 10.5. The monoisotopic (exact) mass is 318 g/mol. The van der Waals surface area contributed by atoms with Gasteiger partial charge in [0.1, 0.15) is 11.5 Å². The molecule has 0 radical (unpaired) electrons. The number of carbonyl (C=O) groups excluding carboxylic acids is 1. The Morgan fingerprint density at radius 2 is 2.09 bits per heavy atom. The zero-order valence-corrected chi connectivity index (χ0v) is 13.4. The number of thiophene rings is 1. The van der Waals surface area contributed by atoms with E-state index in [0.717, 1.165) is 24.8 Å². The molecule has 3 rings (SSSR count). The van der Waals surface area contributed by atoms with Crippen molar-refractivity contribution in [3.63, 3.8) is 0 Å². The summed E-state index contributed by atoms with van der Waals surface area (Å²) >= 11 is 1.52. The van der Waals surface area contributed by atoms with Gasteiger partial charge in [-0.15, -0.1) is 11.3 Å². The lowest BCUT2D eigenvalue weighted by Gasteiger charge is -2.12. The van der Waals surface area contributed by atoms with E-state index in [2.05, 4.69) is 5.32 Å². The van der Waals surface area contributed by atoms with Gasteiger partial charge in [0.05, 0.1) is 30.5 Å². The number of hydrogen-bond donors (Lipinski definition) is 2. The van der Waals surface area contributed by atoms with E-state index in [1.54, 1.807) is 32.4 Å². The van der Waals surface area contributed by atoms with Crippen LogP contribution in [0.1, 0.15) is 27.2 Å². The van der Waals surface area contributed by atoms with Crippen molar-refractivity contribution in [2.45, 2.75) is 19.3 Å². The van der Waals surface area contributed by atoms with Gasteiger partial charge < -0.3 is 20.5 Å². The highest BCUT2D eigenvalue weighted by atomic mass is 32.1. The molecule has 2 aromatic rings. The minimum atomic E-state index is -0.191. The van der Waals surface area contributed by atoms with Gasteiger partial charge in [0.2, 0.25) is 0 Å². The summed E-state index contributed by atoms with van der Waals surface area (Å²) in [5.74, 6) is 1.04. The molecular weight excluding hydrogens is 300 g/mol. The quantitative estimate of drug-likeness (QED) is 0.908. The van der Waals surface area contributed by atoms with E-state index in [0.29, 0.717) is 27.8 Å². The van der Waals surface area contributed by atoms with Gasteiger partial charge in [-0.05, 0) is 37.0 Å². The highest BCUT2D eigenvalue weighted by Gasteiger charge is 2.25. The first-order chi connectivity index (χ1) is 10.6. The number of nitrogens with two attached hydrogens (primary N) is 1. The van der Waals surface area contributed by atoms with Crippen LogP contribution in [0.2, 0.25) is 0 Å². The fourth-order valence-electron chi connectivity index (χ4n) is 2.77. The Balaban J connectivity index is 1.92. The molecular formula is C16H18N2O3S.